The van der Waals surface area contributed by atoms with Crippen LogP contribution in [0.2, 0.25) is 0 Å². The number of carbonyl (C=O) groups excluding carboxylic acids is 1. The van der Waals surface area contributed by atoms with E-state index in [0.29, 0.717) is 22.8 Å². The maximum atomic E-state index is 12.0. The molecule has 0 aliphatic rings. The molecule has 24 heavy (non-hydrogen) atoms. The maximum absolute atomic E-state index is 12.0. The molecule has 0 bridgehead atoms. The van der Waals surface area contributed by atoms with Gasteiger partial charge in [0.25, 0.3) is 5.91 Å². The Hall–Kier alpha value is -2.62. The normalized spacial score (nSPS) is 10.4. The molecular formula is C16H12IN3O4. The zero-order valence-electron chi connectivity index (χ0n) is 12.3. The summed E-state index contributed by atoms with van der Waals surface area (Å²) in [5.41, 5.74) is 1.18. The molecule has 2 N–H and O–H groups in total. The summed E-state index contributed by atoms with van der Waals surface area (Å²) in [6.45, 7) is -0.106. The first-order valence-corrected chi connectivity index (χ1v) is 8.03. The highest BCUT2D eigenvalue weighted by Gasteiger charge is 2.08. The molecule has 0 spiro atoms. The Morgan fingerprint density at radius 1 is 1.25 bits per heavy atom. The van der Waals surface area contributed by atoms with Crippen molar-refractivity contribution < 1.29 is 14.1 Å². The molecule has 0 aliphatic heterocycles. The Balaban J connectivity index is 1.62. The van der Waals surface area contributed by atoms with Crippen LogP contribution in [0.4, 0.5) is 5.69 Å². The van der Waals surface area contributed by atoms with Gasteiger partial charge in [0.1, 0.15) is 5.75 Å². The number of H-pyrrole nitrogens is 1. The minimum Gasteiger partial charge on any atom is -0.484 e. The zero-order chi connectivity index (χ0) is 16.9. The number of hydrogen-bond acceptors (Lipinski definition) is 5. The molecule has 0 unspecified atom stereocenters. The molecule has 0 atom stereocenters. The first-order valence-electron chi connectivity index (χ1n) is 6.95. The molecule has 2 aromatic carbocycles. The molecule has 1 amide bonds. The molecule has 3 rings (SSSR count). The predicted octanol–water partition coefficient (Wildman–Crippen LogP) is 2.65. The number of aromatic amines is 1. The van der Waals surface area contributed by atoms with Crippen molar-refractivity contribution >= 4 is 34.2 Å². The van der Waals surface area contributed by atoms with Crippen LogP contribution < -0.4 is 15.8 Å². The van der Waals surface area contributed by atoms with E-state index in [4.69, 9.17) is 4.74 Å². The second kappa shape index (κ2) is 7.30. The molecule has 0 fully saturated rings. The van der Waals surface area contributed by atoms with Gasteiger partial charge in [-0.3, -0.25) is 14.3 Å². The Kier molecular flexibility index (Phi) is 4.94. The van der Waals surface area contributed by atoms with Gasteiger partial charge in [-0.2, -0.15) is 0 Å². The van der Waals surface area contributed by atoms with Gasteiger partial charge in [-0.05, 0) is 59.0 Å². The van der Waals surface area contributed by atoms with Gasteiger partial charge in [0.2, 0.25) is 0 Å². The number of amides is 1. The monoisotopic (exact) mass is 437 g/mol. The van der Waals surface area contributed by atoms with E-state index in [9.17, 15) is 9.59 Å². The summed E-state index contributed by atoms with van der Waals surface area (Å²) in [7, 11) is 0. The summed E-state index contributed by atoms with van der Waals surface area (Å²) in [6.07, 6.45) is 0. The molecular weight excluding hydrogens is 425 g/mol. The summed E-state index contributed by atoms with van der Waals surface area (Å²) in [4.78, 5) is 25.4. The van der Waals surface area contributed by atoms with Gasteiger partial charge >= 0.3 is 5.76 Å². The summed E-state index contributed by atoms with van der Waals surface area (Å²) in [5, 5.41) is 6.33. The number of aromatic nitrogens is 2. The molecule has 1 heterocycles. The average Bonchev–Trinajstić information content (AvgIpc) is 3.01. The summed E-state index contributed by atoms with van der Waals surface area (Å²) >= 11 is 2.19. The number of benzene rings is 2. The number of anilines is 1. The van der Waals surface area contributed by atoms with Crippen LogP contribution in [-0.4, -0.2) is 22.7 Å². The number of rotatable bonds is 5. The lowest BCUT2D eigenvalue weighted by Crippen LogP contribution is -2.20. The number of carbonyl (C=O) groups is 1. The SMILES string of the molecule is O=C(COc1ccc(I)cc1)Nc1cccc(-c2noc(=O)[nH]2)c1. The maximum Gasteiger partial charge on any atom is 0.439 e. The van der Waals surface area contributed by atoms with Crippen LogP contribution in [0, 0.1) is 3.57 Å². The second-order valence-electron chi connectivity index (χ2n) is 4.82. The van der Waals surface area contributed by atoms with Crippen LogP contribution in [-0.2, 0) is 4.79 Å². The third-order valence-corrected chi connectivity index (χ3v) is 3.76. The van der Waals surface area contributed by atoms with Crippen molar-refractivity contribution in [2.24, 2.45) is 0 Å². The van der Waals surface area contributed by atoms with E-state index < -0.39 is 5.76 Å². The Bertz CT molecular complexity index is 902. The molecule has 0 saturated heterocycles. The van der Waals surface area contributed by atoms with E-state index >= 15 is 0 Å². The summed E-state index contributed by atoms with van der Waals surface area (Å²) in [6, 6.07) is 14.3. The third kappa shape index (κ3) is 4.22. The second-order valence-corrected chi connectivity index (χ2v) is 6.06. The van der Waals surface area contributed by atoms with Crippen LogP contribution in [0.1, 0.15) is 0 Å². The van der Waals surface area contributed by atoms with Crippen molar-refractivity contribution in [3.63, 3.8) is 0 Å². The number of nitrogens with zero attached hydrogens (tertiary/aromatic N) is 1. The van der Waals surface area contributed by atoms with E-state index in [1.54, 1.807) is 36.4 Å². The highest BCUT2D eigenvalue weighted by molar-refractivity contribution is 14.1. The highest BCUT2D eigenvalue weighted by atomic mass is 127. The highest BCUT2D eigenvalue weighted by Crippen LogP contribution is 2.18. The smallest absolute Gasteiger partial charge is 0.439 e. The lowest BCUT2D eigenvalue weighted by Gasteiger charge is -2.08. The minimum absolute atomic E-state index is 0.106. The Morgan fingerprint density at radius 3 is 2.75 bits per heavy atom. The van der Waals surface area contributed by atoms with E-state index in [1.807, 2.05) is 12.1 Å². The van der Waals surface area contributed by atoms with Gasteiger partial charge in [0.15, 0.2) is 12.4 Å². The lowest BCUT2D eigenvalue weighted by atomic mass is 10.2. The Labute approximate surface area is 150 Å². The predicted molar refractivity (Wildman–Crippen MR) is 95.8 cm³/mol. The van der Waals surface area contributed by atoms with Gasteiger partial charge in [-0.15, -0.1) is 0 Å². The summed E-state index contributed by atoms with van der Waals surface area (Å²) in [5.74, 6) is -0.00423. The van der Waals surface area contributed by atoms with E-state index in [0.717, 1.165) is 3.57 Å². The molecule has 1 aromatic heterocycles. The summed E-state index contributed by atoms with van der Waals surface area (Å²) < 4.78 is 11.0. The van der Waals surface area contributed by atoms with Crippen LogP contribution in [0.3, 0.4) is 0 Å². The van der Waals surface area contributed by atoms with Crippen LogP contribution in [0.15, 0.2) is 57.8 Å². The molecule has 122 valence electrons. The fourth-order valence-corrected chi connectivity index (χ4v) is 2.33. The number of nitrogens with one attached hydrogen (secondary N) is 2. The van der Waals surface area contributed by atoms with Gasteiger partial charge < -0.3 is 10.1 Å². The molecule has 3 aromatic rings. The number of hydrogen-bond donors (Lipinski definition) is 2. The molecule has 0 saturated carbocycles. The van der Waals surface area contributed by atoms with Crippen LogP contribution in [0.5, 0.6) is 5.75 Å². The van der Waals surface area contributed by atoms with Crippen molar-refractivity contribution in [1.82, 2.24) is 10.1 Å². The number of halogens is 1. The third-order valence-electron chi connectivity index (χ3n) is 3.04. The lowest BCUT2D eigenvalue weighted by molar-refractivity contribution is -0.118. The molecule has 0 aliphatic carbocycles. The Morgan fingerprint density at radius 2 is 2.04 bits per heavy atom. The average molecular weight is 437 g/mol. The van der Waals surface area contributed by atoms with E-state index in [1.165, 1.54) is 0 Å². The standard InChI is InChI=1S/C16H12IN3O4/c17-11-4-6-13(7-5-11)23-9-14(21)18-12-3-1-2-10(8-12)15-19-16(22)24-20-15/h1-8H,9H2,(H,18,21)(H,19,20,22). The van der Waals surface area contributed by atoms with Crippen molar-refractivity contribution in [3.05, 3.63) is 62.7 Å². The van der Waals surface area contributed by atoms with E-state index in [-0.39, 0.29) is 12.5 Å². The topological polar surface area (TPSA) is 97.2 Å². The molecule has 8 heteroatoms. The van der Waals surface area contributed by atoms with Crippen LogP contribution >= 0.6 is 22.6 Å². The first-order chi connectivity index (χ1) is 11.6. The van der Waals surface area contributed by atoms with Crippen molar-refractivity contribution in [1.29, 1.82) is 0 Å². The van der Waals surface area contributed by atoms with Crippen LogP contribution in [0.25, 0.3) is 11.4 Å². The van der Waals surface area contributed by atoms with Crippen molar-refractivity contribution in [2.75, 3.05) is 11.9 Å². The quantitative estimate of drug-likeness (QED) is 0.599. The fraction of sp³-hybridized carbons (Fsp3) is 0.0625. The molecule has 7 nitrogen and oxygen atoms in total. The van der Waals surface area contributed by atoms with Gasteiger partial charge in [0, 0.05) is 14.8 Å². The fourth-order valence-electron chi connectivity index (χ4n) is 1.98. The van der Waals surface area contributed by atoms with Gasteiger partial charge in [0.05, 0.1) is 0 Å². The van der Waals surface area contributed by atoms with Crippen molar-refractivity contribution in [3.8, 4) is 17.1 Å². The number of ether oxygens (including phenoxy) is 1. The van der Waals surface area contributed by atoms with Gasteiger partial charge in [-0.25, -0.2) is 4.79 Å². The van der Waals surface area contributed by atoms with E-state index in [2.05, 4.69) is 42.6 Å². The van der Waals surface area contributed by atoms with Gasteiger partial charge in [-0.1, -0.05) is 17.3 Å². The molecule has 0 radical (unpaired) electrons. The first kappa shape index (κ1) is 16.2. The largest absolute Gasteiger partial charge is 0.484 e. The zero-order valence-corrected chi connectivity index (χ0v) is 14.4. The minimum atomic E-state index is -0.634. The van der Waals surface area contributed by atoms with Crippen molar-refractivity contribution in [2.45, 2.75) is 0 Å².